The Morgan fingerprint density at radius 3 is 2.56 bits per heavy atom. The second-order valence-corrected chi connectivity index (χ2v) is 8.09. The van der Waals surface area contributed by atoms with Gasteiger partial charge in [-0.15, -0.1) is 0 Å². The van der Waals surface area contributed by atoms with E-state index in [1.807, 2.05) is 0 Å². The van der Waals surface area contributed by atoms with E-state index in [-0.39, 0.29) is 34.4 Å². The van der Waals surface area contributed by atoms with Crippen LogP contribution in [0.3, 0.4) is 0 Å². The number of halogens is 2. The molecule has 10 heteroatoms. The van der Waals surface area contributed by atoms with Gasteiger partial charge in [0.2, 0.25) is 10.0 Å². The average molecular weight is 414 g/mol. The number of hydrogen-bond acceptors (Lipinski definition) is 4. The summed E-state index contributed by atoms with van der Waals surface area (Å²) in [5.74, 6) is -0.496. The molecule has 2 amide bonds. The number of hydrogen-bond donors (Lipinski definition) is 2. The monoisotopic (exact) mass is 413 g/mol. The van der Waals surface area contributed by atoms with Crippen LogP contribution in [0.4, 0.5) is 20.6 Å². The van der Waals surface area contributed by atoms with Gasteiger partial charge in [0, 0.05) is 18.8 Å². The van der Waals surface area contributed by atoms with Crippen LogP contribution in [0, 0.1) is 5.82 Å². The smallest absolute Gasteiger partial charge is 0.323 e. The first-order chi connectivity index (χ1) is 12.9. The van der Waals surface area contributed by atoms with Gasteiger partial charge in [-0.2, -0.15) is 4.31 Å². The molecule has 2 aromatic carbocycles. The molecule has 1 aliphatic rings. The summed E-state index contributed by atoms with van der Waals surface area (Å²) in [4.78, 5) is 12.1. The zero-order valence-electron chi connectivity index (χ0n) is 14.1. The van der Waals surface area contributed by atoms with Gasteiger partial charge < -0.3 is 15.4 Å². The summed E-state index contributed by atoms with van der Waals surface area (Å²) in [6.07, 6.45) is 0. The van der Waals surface area contributed by atoms with Crippen molar-refractivity contribution in [2.75, 3.05) is 36.9 Å². The molecule has 7 nitrogen and oxygen atoms in total. The van der Waals surface area contributed by atoms with Gasteiger partial charge in [0.25, 0.3) is 0 Å². The van der Waals surface area contributed by atoms with Gasteiger partial charge in [0.05, 0.1) is 28.8 Å². The number of amides is 2. The van der Waals surface area contributed by atoms with Crippen molar-refractivity contribution in [3.63, 3.8) is 0 Å². The van der Waals surface area contributed by atoms with Crippen molar-refractivity contribution < 1.29 is 22.3 Å². The number of rotatable bonds is 4. The van der Waals surface area contributed by atoms with Crippen LogP contribution in [0.15, 0.2) is 47.4 Å². The summed E-state index contributed by atoms with van der Waals surface area (Å²) in [7, 11) is -3.73. The quantitative estimate of drug-likeness (QED) is 0.806. The first-order valence-electron chi connectivity index (χ1n) is 8.07. The molecule has 3 rings (SSSR count). The zero-order chi connectivity index (χ0) is 19.4. The molecule has 0 saturated carbocycles. The van der Waals surface area contributed by atoms with E-state index in [9.17, 15) is 17.6 Å². The van der Waals surface area contributed by atoms with Gasteiger partial charge in [-0.25, -0.2) is 17.6 Å². The number of carbonyl (C=O) groups is 1. The molecule has 0 aromatic heterocycles. The third kappa shape index (κ3) is 4.75. The largest absolute Gasteiger partial charge is 0.379 e. The van der Waals surface area contributed by atoms with E-state index < -0.39 is 21.9 Å². The molecular formula is C17H17ClFN3O4S. The maximum atomic E-state index is 13.2. The second kappa shape index (κ2) is 8.22. The number of carbonyl (C=O) groups excluding carboxylic acids is 1. The fraction of sp³-hybridized carbons (Fsp3) is 0.235. The molecule has 0 unspecified atom stereocenters. The number of urea groups is 1. The second-order valence-electron chi connectivity index (χ2n) is 5.75. The molecule has 27 heavy (non-hydrogen) atoms. The Morgan fingerprint density at radius 1 is 1.11 bits per heavy atom. The highest BCUT2D eigenvalue weighted by molar-refractivity contribution is 7.89. The zero-order valence-corrected chi connectivity index (χ0v) is 15.7. The van der Waals surface area contributed by atoms with Crippen molar-refractivity contribution in [1.82, 2.24) is 4.31 Å². The fourth-order valence-corrected chi connectivity index (χ4v) is 4.15. The van der Waals surface area contributed by atoms with Gasteiger partial charge in [0.15, 0.2) is 0 Å². The number of sulfonamides is 1. The van der Waals surface area contributed by atoms with E-state index in [2.05, 4.69) is 10.6 Å². The summed E-state index contributed by atoms with van der Waals surface area (Å²) < 4.78 is 45.1. The average Bonchev–Trinajstić information content (AvgIpc) is 2.64. The number of nitrogens with one attached hydrogen (secondary N) is 2. The lowest BCUT2D eigenvalue weighted by Crippen LogP contribution is -2.40. The first kappa shape index (κ1) is 19.6. The molecule has 0 spiro atoms. The van der Waals surface area contributed by atoms with Gasteiger partial charge in [-0.1, -0.05) is 17.7 Å². The Morgan fingerprint density at radius 2 is 1.85 bits per heavy atom. The minimum absolute atomic E-state index is 0.00913. The third-order valence-electron chi connectivity index (χ3n) is 3.88. The molecule has 144 valence electrons. The lowest BCUT2D eigenvalue weighted by Gasteiger charge is -2.26. The maximum absolute atomic E-state index is 13.2. The van der Waals surface area contributed by atoms with Gasteiger partial charge >= 0.3 is 6.03 Å². The lowest BCUT2D eigenvalue weighted by molar-refractivity contribution is 0.0730. The molecule has 0 radical (unpaired) electrons. The summed E-state index contributed by atoms with van der Waals surface area (Å²) in [6, 6.07) is 8.76. The van der Waals surface area contributed by atoms with E-state index in [4.69, 9.17) is 16.3 Å². The molecule has 0 bridgehead atoms. The minimum Gasteiger partial charge on any atom is -0.379 e. The van der Waals surface area contributed by atoms with E-state index in [0.717, 1.165) is 6.07 Å². The number of morpholine rings is 1. The normalized spacial score (nSPS) is 15.3. The molecule has 2 aromatic rings. The molecule has 1 heterocycles. The Labute approximate surface area is 161 Å². The van der Waals surface area contributed by atoms with Crippen LogP contribution in [0.25, 0.3) is 0 Å². The third-order valence-corrected chi connectivity index (χ3v) is 6.10. The number of benzene rings is 2. The number of anilines is 2. The van der Waals surface area contributed by atoms with Gasteiger partial charge in [-0.3, -0.25) is 0 Å². The van der Waals surface area contributed by atoms with Crippen molar-refractivity contribution in [2.45, 2.75) is 4.90 Å². The molecule has 1 aliphatic heterocycles. The molecule has 0 aliphatic carbocycles. The van der Waals surface area contributed by atoms with Crippen molar-refractivity contribution in [2.24, 2.45) is 0 Å². The topological polar surface area (TPSA) is 87.7 Å². The van der Waals surface area contributed by atoms with Crippen LogP contribution < -0.4 is 10.6 Å². The Hall–Kier alpha value is -2.20. The SMILES string of the molecule is O=C(Nc1cccc(F)c1)Nc1cc(S(=O)(=O)N2CCOCC2)ccc1Cl. The standard InChI is InChI=1S/C17H17ClFN3O4S/c18-15-5-4-14(27(24,25)22-6-8-26-9-7-22)11-16(15)21-17(23)20-13-3-1-2-12(19)10-13/h1-5,10-11H,6-9H2,(H2,20,21,23). The maximum Gasteiger partial charge on any atom is 0.323 e. The van der Waals surface area contributed by atoms with E-state index >= 15 is 0 Å². The first-order valence-corrected chi connectivity index (χ1v) is 9.89. The van der Waals surface area contributed by atoms with Crippen molar-refractivity contribution in [3.05, 3.63) is 53.3 Å². The van der Waals surface area contributed by atoms with Crippen LogP contribution in [0.1, 0.15) is 0 Å². The van der Waals surface area contributed by atoms with Crippen molar-refractivity contribution in [3.8, 4) is 0 Å². The van der Waals surface area contributed by atoms with Crippen molar-refractivity contribution >= 4 is 39.0 Å². The summed E-state index contributed by atoms with van der Waals surface area (Å²) in [6.45, 7) is 1.17. The lowest BCUT2D eigenvalue weighted by atomic mass is 10.3. The van der Waals surface area contributed by atoms with Crippen molar-refractivity contribution in [1.29, 1.82) is 0 Å². The Bertz CT molecular complexity index is 949. The molecule has 0 atom stereocenters. The molecule has 1 fully saturated rings. The number of ether oxygens (including phenoxy) is 1. The van der Waals surface area contributed by atoms with Crippen LogP contribution in [-0.2, 0) is 14.8 Å². The predicted molar refractivity (Wildman–Crippen MR) is 100 cm³/mol. The van der Waals surface area contributed by atoms with Gasteiger partial charge in [-0.05, 0) is 36.4 Å². The predicted octanol–water partition coefficient (Wildman–Crippen LogP) is 3.14. The van der Waals surface area contributed by atoms with E-state index in [1.165, 1.54) is 40.7 Å². The highest BCUT2D eigenvalue weighted by atomic mass is 35.5. The Balaban J connectivity index is 1.78. The Kier molecular flexibility index (Phi) is 5.95. The van der Waals surface area contributed by atoms with Crippen LogP contribution >= 0.6 is 11.6 Å². The number of nitrogens with zero attached hydrogens (tertiary/aromatic N) is 1. The van der Waals surface area contributed by atoms with Crippen LogP contribution in [-0.4, -0.2) is 45.1 Å². The summed E-state index contributed by atoms with van der Waals surface area (Å²) in [5.41, 5.74) is 0.376. The molecule has 1 saturated heterocycles. The molecule has 2 N–H and O–H groups in total. The molecular weight excluding hydrogens is 397 g/mol. The highest BCUT2D eigenvalue weighted by Gasteiger charge is 2.27. The van der Waals surface area contributed by atoms with Crippen LogP contribution in [0.2, 0.25) is 5.02 Å². The highest BCUT2D eigenvalue weighted by Crippen LogP contribution is 2.27. The van der Waals surface area contributed by atoms with E-state index in [1.54, 1.807) is 0 Å². The fourth-order valence-electron chi connectivity index (χ4n) is 2.55. The minimum atomic E-state index is -3.73. The summed E-state index contributed by atoms with van der Waals surface area (Å²) in [5, 5.41) is 5.11. The van der Waals surface area contributed by atoms with E-state index in [0.29, 0.717) is 13.2 Å². The van der Waals surface area contributed by atoms with Crippen LogP contribution in [0.5, 0.6) is 0 Å². The van der Waals surface area contributed by atoms with Gasteiger partial charge in [0.1, 0.15) is 5.82 Å². The summed E-state index contributed by atoms with van der Waals surface area (Å²) >= 11 is 6.07.